The lowest BCUT2D eigenvalue weighted by Gasteiger charge is -2.26. The number of piperazine rings is 1. The van der Waals surface area contributed by atoms with E-state index in [1.165, 1.54) is 0 Å². The van der Waals surface area contributed by atoms with Gasteiger partial charge in [0.25, 0.3) is 0 Å². The van der Waals surface area contributed by atoms with Crippen molar-refractivity contribution in [2.24, 2.45) is 0 Å². The predicted octanol–water partition coefficient (Wildman–Crippen LogP) is 1.20. The summed E-state index contributed by atoms with van der Waals surface area (Å²) in [6.07, 6.45) is 0.318. The molecule has 2 N–H and O–H groups in total. The molecule has 1 aromatic carbocycles. The molecule has 1 heterocycles. The summed E-state index contributed by atoms with van der Waals surface area (Å²) in [4.78, 5) is 13.9. The first-order chi connectivity index (χ1) is 9.13. The Morgan fingerprint density at radius 3 is 2.47 bits per heavy atom. The summed E-state index contributed by atoms with van der Waals surface area (Å²) >= 11 is 0. The van der Waals surface area contributed by atoms with Crippen LogP contribution < -0.4 is 10.6 Å². The Kier molecular flexibility index (Phi) is 4.81. The summed E-state index contributed by atoms with van der Waals surface area (Å²) in [5.74, 6) is -1.63. The van der Waals surface area contributed by atoms with Gasteiger partial charge in [0, 0.05) is 50.9 Å². The van der Waals surface area contributed by atoms with Crippen molar-refractivity contribution in [3.63, 3.8) is 0 Å². The average Bonchev–Trinajstić information content (AvgIpc) is 2.36. The maximum Gasteiger partial charge on any atom is 0.225 e. The summed E-state index contributed by atoms with van der Waals surface area (Å²) in [5, 5.41) is 5.73. The van der Waals surface area contributed by atoms with Gasteiger partial charge in [-0.3, -0.25) is 4.79 Å². The van der Waals surface area contributed by atoms with Crippen molar-refractivity contribution in [3.05, 3.63) is 29.8 Å². The highest BCUT2D eigenvalue weighted by Crippen LogP contribution is 2.13. The molecule has 0 spiro atoms. The topological polar surface area (TPSA) is 44.4 Å². The molecule has 1 aromatic rings. The molecule has 6 heteroatoms. The fourth-order valence-electron chi connectivity index (χ4n) is 2.04. The molecule has 1 aliphatic rings. The van der Waals surface area contributed by atoms with E-state index < -0.39 is 11.6 Å². The highest BCUT2D eigenvalue weighted by Gasteiger charge is 2.11. The van der Waals surface area contributed by atoms with Crippen LogP contribution in [0.15, 0.2) is 18.2 Å². The number of amides is 1. The van der Waals surface area contributed by atoms with E-state index in [1.54, 1.807) is 0 Å². The second kappa shape index (κ2) is 6.58. The lowest BCUT2D eigenvalue weighted by molar-refractivity contribution is -0.116. The number of carbonyl (C=O) groups is 1. The van der Waals surface area contributed by atoms with Gasteiger partial charge in [-0.2, -0.15) is 0 Å². The Balaban J connectivity index is 1.80. The molecular formula is C13H17F2N3O. The van der Waals surface area contributed by atoms with Crippen LogP contribution in [-0.4, -0.2) is 43.5 Å². The van der Waals surface area contributed by atoms with Gasteiger partial charge in [0.15, 0.2) is 0 Å². The minimum absolute atomic E-state index is 0.155. The number of halogens is 2. The van der Waals surface area contributed by atoms with Crippen molar-refractivity contribution < 1.29 is 13.6 Å². The van der Waals surface area contributed by atoms with Gasteiger partial charge in [-0.1, -0.05) is 0 Å². The fraction of sp³-hybridized carbons (Fsp3) is 0.462. The second-order valence-corrected chi connectivity index (χ2v) is 4.55. The van der Waals surface area contributed by atoms with Crippen molar-refractivity contribution in [1.29, 1.82) is 0 Å². The summed E-state index contributed by atoms with van der Waals surface area (Å²) < 4.78 is 25.9. The van der Waals surface area contributed by atoms with Gasteiger partial charge in [-0.15, -0.1) is 0 Å². The van der Waals surface area contributed by atoms with E-state index in [4.69, 9.17) is 0 Å². The van der Waals surface area contributed by atoms with Gasteiger partial charge < -0.3 is 15.5 Å². The third-order valence-electron chi connectivity index (χ3n) is 3.01. The van der Waals surface area contributed by atoms with Crippen LogP contribution in [-0.2, 0) is 4.79 Å². The smallest absolute Gasteiger partial charge is 0.225 e. The van der Waals surface area contributed by atoms with E-state index in [-0.39, 0.29) is 11.6 Å². The van der Waals surface area contributed by atoms with Crippen LogP contribution in [0.1, 0.15) is 6.42 Å². The van der Waals surface area contributed by atoms with Crippen LogP contribution in [0.4, 0.5) is 14.5 Å². The SMILES string of the molecule is O=C(CCN1CCNCC1)Nc1cc(F)cc(F)c1. The molecular weight excluding hydrogens is 252 g/mol. The van der Waals surface area contributed by atoms with E-state index in [0.29, 0.717) is 13.0 Å². The number of nitrogens with zero attached hydrogens (tertiary/aromatic N) is 1. The molecule has 0 saturated carbocycles. The molecule has 0 atom stereocenters. The number of anilines is 1. The Morgan fingerprint density at radius 2 is 1.84 bits per heavy atom. The third kappa shape index (κ3) is 4.57. The van der Waals surface area contributed by atoms with E-state index in [2.05, 4.69) is 15.5 Å². The zero-order valence-corrected chi connectivity index (χ0v) is 10.6. The Hall–Kier alpha value is -1.53. The molecule has 2 rings (SSSR count). The van der Waals surface area contributed by atoms with Crippen LogP contribution in [0.3, 0.4) is 0 Å². The lowest BCUT2D eigenvalue weighted by Crippen LogP contribution is -2.44. The normalized spacial score (nSPS) is 16.3. The van der Waals surface area contributed by atoms with Crippen LogP contribution in [0.5, 0.6) is 0 Å². The first-order valence-electron chi connectivity index (χ1n) is 6.32. The Bertz CT molecular complexity index is 427. The molecule has 4 nitrogen and oxygen atoms in total. The van der Waals surface area contributed by atoms with E-state index in [9.17, 15) is 13.6 Å². The summed E-state index contributed by atoms with van der Waals surface area (Å²) in [6, 6.07) is 2.98. The standard InChI is InChI=1S/C13H17F2N3O/c14-10-7-11(15)9-12(8-10)17-13(19)1-4-18-5-2-16-3-6-18/h7-9,16H,1-6H2,(H,17,19). The van der Waals surface area contributed by atoms with Crippen molar-refractivity contribution >= 4 is 11.6 Å². The van der Waals surface area contributed by atoms with Gasteiger partial charge in [0.05, 0.1) is 0 Å². The quantitative estimate of drug-likeness (QED) is 0.863. The van der Waals surface area contributed by atoms with Crippen molar-refractivity contribution in [2.45, 2.75) is 6.42 Å². The monoisotopic (exact) mass is 269 g/mol. The molecule has 1 saturated heterocycles. The number of rotatable bonds is 4. The van der Waals surface area contributed by atoms with E-state index >= 15 is 0 Å². The molecule has 19 heavy (non-hydrogen) atoms. The van der Waals surface area contributed by atoms with Crippen LogP contribution in [0, 0.1) is 11.6 Å². The summed E-state index contributed by atoms with van der Waals surface area (Å²) in [7, 11) is 0. The number of benzene rings is 1. The molecule has 0 aromatic heterocycles. The van der Waals surface area contributed by atoms with E-state index in [1.807, 2.05) is 0 Å². The maximum absolute atomic E-state index is 12.9. The van der Waals surface area contributed by atoms with Gasteiger partial charge in [-0.25, -0.2) is 8.78 Å². The summed E-state index contributed by atoms with van der Waals surface area (Å²) in [5.41, 5.74) is 0.155. The van der Waals surface area contributed by atoms with Crippen LogP contribution >= 0.6 is 0 Å². The number of hydrogen-bond donors (Lipinski definition) is 2. The van der Waals surface area contributed by atoms with Crippen molar-refractivity contribution in [3.8, 4) is 0 Å². The molecule has 0 bridgehead atoms. The maximum atomic E-state index is 12.9. The molecule has 1 aliphatic heterocycles. The second-order valence-electron chi connectivity index (χ2n) is 4.55. The zero-order chi connectivity index (χ0) is 13.7. The lowest BCUT2D eigenvalue weighted by atomic mass is 10.2. The highest BCUT2D eigenvalue weighted by molar-refractivity contribution is 5.90. The van der Waals surface area contributed by atoms with Crippen molar-refractivity contribution in [2.75, 3.05) is 38.0 Å². The summed E-state index contributed by atoms with van der Waals surface area (Å²) in [6.45, 7) is 4.35. The molecule has 0 unspecified atom stereocenters. The molecule has 104 valence electrons. The first-order valence-corrected chi connectivity index (χ1v) is 6.32. The van der Waals surface area contributed by atoms with E-state index in [0.717, 1.165) is 44.4 Å². The number of carbonyl (C=O) groups excluding carboxylic acids is 1. The molecule has 0 radical (unpaired) electrons. The van der Waals surface area contributed by atoms with Gasteiger partial charge in [0.1, 0.15) is 11.6 Å². The average molecular weight is 269 g/mol. The molecule has 0 aliphatic carbocycles. The first kappa shape index (κ1) is 13.9. The van der Waals surface area contributed by atoms with Crippen LogP contribution in [0.25, 0.3) is 0 Å². The van der Waals surface area contributed by atoms with Crippen LogP contribution in [0.2, 0.25) is 0 Å². The minimum atomic E-state index is -0.697. The molecule has 1 amide bonds. The fourth-order valence-corrected chi connectivity index (χ4v) is 2.04. The number of nitrogens with one attached hydrogen (secondary N) is 2. The zero-order valence-electron chi connectivity index (χ0n) is 10.6. The van der Waals surface area contributed by atoms with Gasteiger partial charge in [-0.05, 0) is 12.1 Å². The highest BCUT2D eigenvalue weighted by atomic mass is 19.1. The van der Waals surface area contributed by atoms with Gasteiger partial charge >= 0.3 is 0 Å². The minimum Gasteiger partial charge on any atom is -0.326 e. The Labute approximate surface area is 110 Å². The predicted molar refractivity (Wildman–Crippen MR) is 68.9 cm³/mol. The van der Waals surface area contributed by atoms with Crippen molar-refractivity contribution in [1.82, 2.24) is 10.2 Å². The number of hydrogen-bond acceptors (Lipinski definition) is 3. The Morgan fingerprint density at radius 1 is 1.21 bits per heavy atom. The largest absolute Gasteiger partial charge is 0.326 e. The third-order valence-corrected chi connectivity index (χ3v) is 3.01. The molecule has 1 fully saturated rings. The van der Waals surface area contributed by atoms with Gasteiger partial charge in [0.2, 0.25) is 5.91 Å².